The molecule has 3 aromatic heterocycles. The van der Waals surface area contributed by atoms with Gasteiger partial charge in [-0.1, -0.05) is 178 Å². The van der Waals surface area contributed by atoms with Gasteiger partial charge in [0, 0.05) is 49.4 Å². The molecule has 0 saturated carbocycles. The first-order chi connectivity index (χ1) is 32.4. The van der Waals surface area contributed by atoms with Crippen molar-refractivity contribution in [1.82, 2.24) is 24.5 Å². The van der Waals surface area contributed by atoms with E-state index < -0.39 is 0 Å². The average Bonchev–Trinajstić information content (AvgIpc) is 3.81. The van der Waals surface area contributed by atoms with E-state index in [9.17, 15) is 0 Å². The van der Waals surface area contributed by atoms with Crippen LogP contribution in [0.25, 0.3) is 83.6 Å². The predicted molar refractivity (Wildman–Crippen MR) is 268 cm³/mol. The Labute approximate surface area is 387 Å². The minimum Gasteiger partial charge on any atom is -0.424 e. The maximum atomic E-state index is 6.89. The Morgan fingerprint density at radius 3 is 1.53 bits per heavy atom. The van der Waals surface area contributed by atoms with E-state index in [0.29, 0.717) is 10.9 Å². The van der Waals surface area contributed by atoms with Crippen LogP contribution in [0.15, 0.2) is 222 Å². The summed E-state index contributed by atoms with van der Waals surface area (Å²) in [5.41, 5.74) is 15.4. The van der Waals surface area contributed by atoms with Gasteiger partial charge in [0.25, 0.3) is 0 Å². The lowest BCUT2D eigenvalue weighted by molar-refractivity contribution is 0.442. The van der Waals surface area contributed by atoms with Gasteiger partial charge in [-0.2, -0.15) is 9.97 Å². The Kier molecular flexibility index (Phi) is 9.65. The molecule has 0 fully saturated rings. The van der Waals surface area contributed by atoms with Crippen molar-refractivity contribution in [3.8, 4) is 73.6 Å². The highest BCUT2D eigenvalue weighted by Gasteiger charge is 2.36. The quantitative estimate of drug-likeness (QED) is 0.135. The molecule has 0 saturated heterocycles. The zero-order chi connectivity index (χ0) is 44.2. The van der Waals surface area contributed by atoms with Gasteiger partial charge in [-0.25, -0.2) is 9.97 Å². The molecule has 66 heavy (non-hydrogen) atoms. The molecule has 1 aliphatic rings. The van der Waals surface area contributed by atoms with Gasteiger partial charge in [-0.15, -0.1) is 0 Å². The van der Waals surface area contributed by atoms with Crippen molar-refractivity contribution in [1.29, 1.82) is 0 Å². The van der Waals surface area contributed by atoms with E-state index >= 15 is 0 Å². The summed E-state index contributed by atoms with van der Waals surface area (Å²) in [4.78, 5) is 21.3. The van der Waals surface area contributed by atoms with Gasteiger partial charge in [0.05, 0.1) is 39.5 Å². The topological polar surface area (TPSA) is 65.7 Å². The van der Waals surface area contributed by atoms with Crippen molar-refractivity contribution >= 4 is 33.6 Å². The summed E-state index contributed by atoms with van der Waals surface area (Å²) in [7, 11) is 0. The second-order valence-corrected chi connectivity index (χ2v) is 18.2. The molecule has 11 aromatic rings. The first kappa shape index (κ1) is 39.5. The first-order valence-electron chi connectivity index (χ1n) is 22.1. The van der Waals surface area contributed by atoms with E-state index in [4.69, 9.17) is 24.7 Å². The van der Waals surface area contributed by atoms with E-state index in [2.05, 4.69) is 146 Å². The fraction of sp³-hybridized carbons (Fsp3) is 0.0508. The minimum atomic E-state index is -0.178. The molecule has 7 heteroatoms. The third kappa shape index (κ3) is 7.10. The van der Waals surface area contributed by atoms with Crippen LogP contribution in [0.4, 0.5) is 0 Å². The summed E-state index contributed by atoms with van der Waals surface area (Å²) < 4.78 is 9.26. The number of para-hydroxylation sites is 1. The Morgan fingerprint density at radius 2 is 0.939 bits per heavy atom. The lowest BCUT2D eigenvalue weighted by Crippen LogP contribution is -2.15. The number of aromatic nitrogens is 5. The minimum absolute atomic E-state index is 0.178. The maximum Gasteiger partial charge on any atom is 0.323 e. The van der Waals surface area contributed by atoms with Crippen LogP contribution in [0.2, 0.25) is 0 Å². The van der Waals surface area contributed by atoms with Crippen LogP contribution >= 0.6 is 11.8 Å². The smallest absolute Gasteiger partial charge is 0.323 e. The Morgan fingerprint density at radius 1 is 0.424 bits per heavy atom. The van der Waals surface area contributed by atoms with Gasteiger partial charge in [-0.3, -0.25) is 0 Å². The predicted octanol–water partition coefficient (Wildman–Crippen LogP) is 15.3. The SMILES string of the molecule is CC1(C)c2ccccc2-c2cc3c4ccccc4n(-c4cc(Oc5nc(-c6ccccc6)cc(-c6ccccc6)n5)cc(Sc5nc(-c6ccccc6)cc(-c6ccccc6)n5)c4)c3cc21. The Balaban J connectivity index is 1.06. The number of hydrogen-bond donors (Lipinski definition) is 0. The van der Waals surface area contributed by atoms with Gasteiger partial charge in [0.1, 0.15) is 5.75 Å². The highest BCUT2D eigenvalue weighted by Crippen LogP contribution is 2.51. The number of nitrogens with zero attached hydrogens (tertiary/aromatic N) is 5. The number of hydrogen-bond acceptors (Lipinski definition) is 6. The number of fused-ring (bicyclic) bond motifs is 6. The molecule has 3 heterocycles. The molecule has 12 rings (SSSR count). The molecule has 6 nitrogen and oxygen atoms in total. The van der Waals surface area contributed by atoms with E-state index in [1.54, 1.807) is 0 Å². The van der Waals surface area contributed by atoms with Crippen molar-refractivity contribution in [2.24, 2.45) is 0 Å². The van der Waals surface area contributed by atoms with Crippen LogP contribution in [-0.2, 0) is 5.41 Å². The fourth-order valence-electron chi connectivity index (χ4n) is 9.42. The molecule has 314 valence electrons. The third-order valence-electron chi connectivity index (χ3n) is 12.6. The summed E-state index contributed by atoms with van der Waals surface area (Å²) >= 11 is 1.51. The Hall–Kier alpha value is -8.13. The molecule has 8 aromatic carbocycles. The molecule has 0 aliphatic heterocycles. The molecule has 0 bridgehead atoms. The zero-order valence-electron chi connectivity index (χ0n) is 36.3. The van der Waals surface area contributed by atoms with Gasteiger partial charge < -0.3 is 9.30 Å². The summed E-state index contributed by atoms with van der Waals surface area (Å²) in [6, 6.07) is 73.9. The van der Waals surface area contributed by atoms with Gasteiger partial charge >= 0.3 is 6.01 Å². The van der Waals surface area contributed by atoms with E-state index in [-0.39, 0.29) is 11.4 Å². The highest BCUT2D eigenvalue weighted by molar-refractivity contribution is 7.99. The maximum absolute atomic E-state index is 6.89. The Bertz CT molecular complexity index is 3350. The molecule has 0 amide bonds. The normalized spacial score (nSPS) is 12.6. The van der Waals surface area contributed by atoms with E-state index in [0.717, 1.165) is 66.6 Å². The summed E-state index contributed by atoms with van der Waals surface area (Å²) in [5, 5.41) is 2.98. The average molecular weight is 868 g/mol. The zero-order valence-corrected chi connectivity index (χ0v) is 37.1. The summed E-state index contributed by atoms with van der Waals surface area (Å²) in [6.45, 7) is 4.67. The summed E-state index contributed by atoms with van der Waals surface area (Å²) in [5.74, 6) is 0.585. The van der Waals surface area contributed by atoms with Gasteiger partial charge in [0.15, 0.2) is 5.16 Å². The van der Waals surface area contributed by atoms with E-state index in [1.165, 1.54) is 44.8 Å². The lowest BCUT2D eigenvalue weighted by atomic mass is 9.82. The molecule has 0 spiro atoms. The van der Waals surface area contributed by atoms with Crippen molar-refractivity contribution in [3.63, 3.8) is 0 Å². The lowest BCUT2D eigenvalue weighted by Gasteiger charge is -2.21. The van der Waals surface area contributed by atoms with Crippen molar-refractivity contribution in [2.75, 3.05) is 0 Å². The van der Waals surface area contributed by atoms with E-state index in [1.807, 2.05) is 84.9 Å². The van der Waals surface area contributed by atoms with Gasteiger partial charge in [0.2, 0.25) is 0 Å². The molecule has 0 atom stereocenters. The monoisotopic (exact) mass is 867 g/mol. The second kappa shape index (κ2) is 16.1. The molecule has 1 aliphatic carbocycles. The largest absolute Gasteiger partial charge is 0.424 e. The number of benzene rings is 8. The molecular formula is C59H41N5OS. The standard InChI is InChI=1S/C59H41N5OS/c1-59(2)49-29-17-15-27-45(49)47-34-48-46-28-16-18-30-55(46)64(56(48)35-50(47)59)42-31-43(65-57-60-51(38-19-7-3-8-20-38)36-52(61-57)39-21-9-4-10-22-39)33-44(32-42)66-58-62-53(40-23-11-5-12-24-40)37-54(63-58)41-25-13-6-14-26-41/h3-37H,1-2H3. The fourth-order valence-corrected chi connectivity index (χ4v) is 10.3. The molecule has 0 N–H and O–H groups in total. The second-order valence-electron chi connectivity index (χ2n) is 17.1. The van der Waals surface area contributed by atoms with Crippen LogP contribution in [0.1, 0.15) is 25.0 Å². The summed E-state index contributed by atoms with van der Waals surface area (Å²) in [6.07, 6.45) is 0. The third-order valence-corrected chi connectivity index (χ3v) is 13.4. The van der Waals surface area contributed by atoms with Crippen LogP contribution in [0.3, 0.4) is 0 Å². The van der Waals surface area contributed by atoms with Crippen LogP contribution in [0, 0.1) is 0 Å². The van der Waals surface area contributed by atoms with Crippen LogP contribution in [0.5, 0.6) is 11.8 Å². The first-order valence-corrected chi connectivity index (χ1v) is 22.9. The number of rotatable bonds is 9. The molecule has 0 radical (unpaired) electrons. The van der Waals surface area contributed by atoms with Crippen molar-refractivity contribution < 1.29 is 4.74 Å². The van der Waals surface area contributed by atoms with Crippen LogP contribution in [-0.4, -0.2) is 24.5 Å². The highest BCUT2D eigenvalue weighted by atomic mass is 32.2. The van der Waals surface area contributed by atoms with Crippen LogP contribution < -0.4 is 4.74 Å². The van der Waals surface area contributed by atoms with Crippen molar-refractivity contribution in [3.05, 3.63) is 223 Å². The molecule has 0 unspecified atom stereocenters. The number of ether oxygens (including phenoxy) is 1. The van der Waals surface area contributed by atoms with Gasteiger partial charge in [-0.05, 0) is 76.5 Å². The van der Waals surface area contributed by atoms with Crippen molar-refractivity contribution in [2.45, 2.75) is 29.3 Å². The molecular weight excluding hydrogens is 827 g/mol.